The van der Waals surface area contributed by atoms with Crippen LogP contribution in [-0.4, -0.2) is 20.8 Å². The van der Waals surface area contributed by atoms with E-state index in [2.05, 4.69) is 29.2 Å². The molecule has 1 fully saturated rings. The summed E-state index contributed by atoms with van der Waals surface area (Å²) in [6.45, 7) is 6.33. The molecule has 0 aromatic carbocycles. The highest BCUT2D eigenvalue weighted by atomic mass is 15.3. The molecule has 0 saturated heterocycles. The average molecular weight is 222 g/mol. The molecule has 0 spiro atoms. The van der Waals surface area contributed by atoms with Gasteiger partial charge in [-0.2, -0.15) is 5.10 Å². The van der Waals surface area contributed by atoms with E-state index in [1.807, 2.05) is 11.0 Å². The summed E-state index contributed by atoms with van der Waals surface area (Å²) in [7, 11) is 0. The van der Waals surface area contributed by atoms with E-state index in [0.29, 0.717) is 0 Å². The van der Waals surface area contributed by atoms with Crippen LogP contribution in [0, 0.1) is 5.92 Å². The molecule has 1 aromatic rings. The summed E-state index contributed by atoms with van der Waals surface area (Å²) in [5.41, 5.74) is 0. The Morgan fingerprint density at radius 2 is 2.31 bits per heavy atom. The molecular formula is C12H22N4. The van der Waals surface area contributed by atoms with Crippen LogP contribution in [0.5, 0.6) is 0 Å². The number of hydrogen-bond acceptors (Lipinski definition) is 3. The molecule has 4 nitrogen and oxygen atoms in total. The smallest absolute Gasteiger partial charge is 0.164 e. The Balaban J connectivity index is 1.68. The molecule has 0 radical (unpaired) electrons. The van der Waals surface area contributed by atoms with Crippen LogP contribution in [0.1, 0.15) is 45.4 Å². The molecular weight excluding hydrogens is 200 g/mol. The van der Waals surface area contributed by atoms with E-state index in [1.54, 1.807) is 0 Å². The summed E-state index contributed by atoms with van der Waals surface area (Å²) in [5.74, 6) is 1.70. The topological polar surface area (TPSA) is 42.7 Å². The largest absolute Gasteiger partial charge is 0.307 e. The number of aromatic nitrogens is 3. The first-order valence-electron chi connectivity index (χ1n) is 6.36. The van der Waals surface area contributed by atoms with Crippen molar-refractivity contribution >= 4 is 0 Å². The van der Waals surface area contributed by atoms with Crippen molar-refractivity contribution in [3.63, 3.8) is 0 Å². The van der Waals surface area contributed by atoms with Crippen molar-refractivity contribution in [3.8, 4) is 0 Å². The number of aryl methyl sites for hydroxylation is 1. The number of rotatable bonds is 7. The molecule has 2 rings (SSSR count). The zero-order valence-electron chi connectivity index (χ0n) is 10.3. The molecule has 1 saturated carbocycles. The summed E-state index contributed by atoms with van der Waals surface area (Å²) < 4.78 is 1.96. The molecule has 1 aliphatic carbocycles. The van der Waals surface area contributed by atoms with E-state index in [4.69, 9.17) is 0 Å². The second-order valence-electron chi connectivity index (χ2n) is 5.12. The van der Waals surface area contributed by atoms with Crippen LogP contribution in [0.4, 0.5) is 0 Å². The predicted octanol–water partition coefficient (Wildman–Crippen LogP) is 1.97. The van der Waals surface area contributed by atoms with Crippen molar-refractivity contribution in [1.29, 1.82) is 0 Å². The third-order valence-electron chi connectivity index (χ3n) is 2.88. The fourth-order valence-electron chi connectivity index (χ4n) is 1.71. The minimum atomic E-state index is 0.730. The lowest BCUT2D eigenvalue weighted by molar-refractivity contribution is 0.486. The van der Waals surface area contributed by atoms with Gasteiger partial charge < -0.3 is 5.32 Å². The van der Waals surface area contributed by atoms with Crippen molar-refractivity contribution < 1.29 is 0 Å². The minimum absolute atomic E-state index is 0.730. The maximum Gasteiger partial charge on any atom is 0.164 e. The standard InChI is InChI=1S/C12H22N4/c1-10(2)4-3-7-16-9-14-12(15-16)8-13-11-5-6-11/h9-11,13H,3-8H2,1-2H3. The molecule has 1 heterocycles. The number of hydrogen-bond donors (Lipinski definition) is 1. The highest BCUT2D eigenvalue weighted by Crippen LogP contribution is 2.18. The van der Waals surface area contributed by atoms with Crippen LogP contribution < -0.4 is 5.32 Å². The lowest BCUT2D eigenvalue weighted by atomic mass is 10.1. The maximum atomic E-state index is 4.45. The van der Waals surface area contributed by atoms with Crippen molar-refractivity contribution in [1.82, 2.24) is 20.1 Å². The van der Waals surface area contributed by atoms with Crippen molar-refractivity contribution in [2.24, 2.45) is 5.92 Å². The van der Waals surface area contributed by atoms with Crippen LogP contribution in [-0.2, 0) is 13.1 Å². The fourth-order valence-corrected chi connectivity index (χ4v) is 1.71. The lowest BCUT2D eigenvalue weighted by Crippen LogP contribution is -2.16. The SMILES string of the molecule is CC(C)CCCn1cnc(CNC2CC2)n1. The Kier molecular flexibility index (Phi) is 3.93. The quantitative estimate of drug-likeness (QED) is 0.767. The van der Waals surface area contributed by atoms with E-state index in [9.17, 15) is 0 Å². The van der Waals surface area contributed by atoms with Crippen LogP contribution in [0.25, 0.3) is 0 Å². The molecule has 90 valence electrons. The fraction of sp³-hybridized carbons (Fsp3) is 0.833. The maximum absolute atomic E-state index is 4.45. The highest BCUT2D eigenvalue weighted by molar-refractivity contribution is 4.86. The zero-order valence-corrected chi connectivity index (χ0v) is 10.3. The molecule has 0 atom stereocenters. The Bertz CT molecular complexity index is 315. The van der Waals surface area contributed by atoms with Crippen molar-refractivity contribution in [2.75, 3.05) is 0 Å². The number of nitrogens with one attached hydrogen (secondary N) is 1. The normalized spacial score (nSPS) is 15.9. The van der Waals surface area contributed by atoms with Gasteiger partial charge in [0.05, 0.1) is 6.54 Å². The van der Waals surface area contributed by atoms with Gasteiger partial charge >= 0.3 is 0 Å². The van der Waals surface area contributed by atoms with E-state index in [0.717, 1.165) is 30.9 Å². The van der Waals surface area contributed by atoms with Crippen LogP contribution in [0.2, 0.25) is 0 Å². The molecule has 0 unspecified atom stereocenters. The predicted molar refractivity (Wildman–Crippen MR) is 64.0 cm³/mol. The average Bonchev–Trinajstić information content (AvgIpc) is 2.96. The van der Waals surface area contributed by atoms with Gasteiger partial charge in [-0.05, 0) is 31.6 Å². The van der Waals surface area contributed by atoms with Crippen molar-refractivity contribution in [3.05, 3.63) is 12.2 Å². The van der Waals surface area contributed by atoms with Gasteiger partial charge in [-0.1, -0.05) is 13.8 Å². The van der Waals surface area contributed by atoms with E-state index >= 15 is 0 Å². The molecule has 1 aromatic heterocycles. The molecule has 0 bridgehead atoms. The first-order chi connectivity index (χ1) is 7.74. The van der Waals surface area contributed by atoms with Crippen molar-refractivity contribution in [2.45, 2.75) is 58.7 Å². The van der Waals surface area contributed by atoms with Gasteiger partial charge in [0.1, 0.15) is 6.33 Å². The first-order valence-corrected chi connectivity index (χ1v) is 6.36. The summed E-state index contributed by atoms with van der Waals surface area (Å²) in [5, 5.41) is 7.87. The third kappa shape index (κ3) is 3.93. The van der Waals surface area contributed by atoms with E-state index in [1.165, 1.54) is 25.7 Å². The molecule has 1 N–H and O–H groups in total. The third-order valence-corrected chi connectivity index (χ3v) is 2.88. The first kappa shape index (κ1) is 11.6. The van der Waals surface area contributed by atoms with Gasteiger partial charge in [0, 0.05) is 12.6 Å². The Morgan fingerprint density at radius 3 is 3.00 bits per heavy atom. The van der Waals surface area contributed by atoms with Gasteiger partial charge in [-0.3, -0.25) is 4.68 Å². The van der Waals surface area contributed by atoms with Gasteiger partial charge in [-0.25, -0.2) is 4.98 Å². The Hall–Kier alpha value is -0.900. The van der Waals surface area contributed by atoms with Gasteiger partial charge in [-0.15, -0.1) is 0 Å². The molecule has 16 heavy (non-hydrogen) atoms. The highest BCUT2D eigenvalue weighted by Gasteiger charge is 2.20. The minimum Gasteiger partial charge on any atom is -0.307 e. The summed E-state index contributed by atoms with van der Waals surface area (Å²) >= 11 is 0. The lowest BCUT2D eigenvalue weighted by Gasteiger charge is -2.03. The second-order valence-corrected chi connectivity index (χ2v) is 5.12. The van der Waals surface area contributed by atoms with Crippen LogP contribution >= 0.6 is 0 Å². The zero-order chi connectivity index (χ0) is 11.4. The van der Waals surface area contributed by atoms with Crippen LogP contribution in [0.3, 0.4) is 0 Å². The molecule has 1 aliphatic rings. The summed E-state index contributed by atoms with van der Waals surface area (Å²) in [6.07, 6.45) is 6.93. The van der Waals surface area contributed by atoms with Gasteiger partial charge in [0.25, 0.3) is 0 Å². The van der Waals surface area contributed by atoms with Gasteiger partial charge in [0.15, 0.2) is 5.82 Å². The van der Waals surface area contributed by atoms with E-state index in [-0.39, 0.29) is 0 Å². The Morgan fingerprint density at radius 1 is 1.50 bits per heavy atom. The second kappa shape index (κ2) is 5.43. The molecule has 0 aliphatic heterocycles. The number of nitrogens with zero attached hydrogens (tertiary/aromatic N) is 3. The summed E-state index contributed by atoms with van der Waals surface area (Å²) in [4.78, 5) is 4.30. The molecule has 4 heteroatoms. The molecule has 0 amide bonds. The summed E-state index contributed by atoms with van der Waals surface area (Å²) in [6, 6.07) is 0.730. The van der Waals surface area contributed by atoms with E-state index < -0.39 is 0 Å². The monoisotopic (exact) mass is 222 g/mol. The Labute approximate surface area is 97.5 Å². The van der Waals surface area contributed by atoms with Crippen LogP contribution in [0.15, 0.2) is 6.33 Å². The van der Waals surface area contributed by atoms with Gasteiger partial charge in [0.2, 0.25) is 0 Å².